The second kappa shape index (κ2) is 9.57. The van der Waals surface area contributed by atoms with Gasteiger partial charge in [0.1, 0.15) is 5.00 Å². The molecule has 4 rings (SSSR count). The molecule has 7 heteroatoms. The molecule has 2 aromatic heterocycles. The van der Waals surface area contributed by atoms with E-state index in [0.717, 1.165) is 24.3 Å². The molecular formula is C25H28N2O3S2. The topological polar surface area (TPSA) is 58.6 Å². The van der Waals surface area contributed by atoms with Crippen molar-refractivity contribution in [1.29, 1.82) is 0 Å². The number of carbonyl (C=O) groups is 2. The summed E-state index contributed by atoms with van der Waals surface area (Å²) >= 11 is 3.25. The van der Waals surface area contributed by atoms with Crippen molar-refractivity contribution in [2.24, 2.45) is 0 Å². The Morgan fingerprint density at radius 1 is 1.19 bits per heavy atom. The average Bonchev–Trinajstić information content (AvgIpc) is 3.31. The van der Waals surface area contributed by atoms with E-state index in [1.807, 2.05) is 24.3 Å². The SMILES string of the molecule is CCc1c(C)sc2c1CCN(CC(=O)Nc1sc(C)cc1C(=O)OC)[C@H]2c1ccccc1. The number of ether oxygens (including phenoxy) is 1. The molecule has 1 N–H and O–H groups in total. The minimum atomic E-state index is -0.435. The molecule has 0 saturated carbocycles. The standard InChI is InChI=1S/C25H28N2O3S2/c1-5-18-16(3)32-23-19(18)11-12-27(22(23)17-9-7-6-8-10-17)14-21(28)26-24-20(25(29)30-4)13-15(2)31-24/h6-10,13,22H,5,11-12,14H2,1-4H3,(H,26,28)/t22-/m0/s1. The number of rotatable bonds is 6. The Morgan fingerprint density at radius 3 is 2.62 bits per heavy atom. The van der Waals surface area contributed by atoms with Crippen LogP contribution < -0.4 is 5.32 Å². The zero-order valence-electron chi connectivity index (χ0n) is 18.9. The van der Waals surface area contributed by atoms with Crippen LogP contribution in [-0.4, -0.2) is 37.0 Å². The van der Waals surface area contributed by atoms with E-state index < -0.39 is 5.97 Å². The lowest BCUT2D eigenvalue weighted by Crippen LogP contribution is -2.40. The zero-order chi connectivity index (χ0) is 22.8. The van der Waals surface area contributed by atoms with E-state index in [0.29, 0.717) is 10.6 Å². The summed E-state index contributed by atoms with van der Waals surface area (Å²) in [5.41, 5.74) is 4.53. The van der Waals surface area contributed by atoms with Gasteiger partial charge in [-0.05, 0) is 49.4 Å². The molecule has 0 unspecified atom stereocenters. The maximum atomic E-state index is 13.1. The molecule has 1 aromatic carbocycles. The van der Waals surface area contributed by atoms with Crippen LogP contribution in [0.5, 0.6) is 0 Å². The predicted octanol–water partition coefficient (Wildman–Crippen LogP) is 5.36. The normalized spacial score (nSPS) is 15.9. The molecule has 0 fully saturated rings. The lowest BCUT2D eigenvalue weighted by molar-refractivity contribution is -0.117. The first kappa shape index (κ1) is 22.7. The summed E-state index contributed by atoms with van der Waals surface area (Å²) in [6.45, 7) is 7.41. The van der Waals surface area contributed by atoms with Crippen LogP contribution in [0.15, 0.2) is 36.4 Å². The monoisotopic (exact) mass is 468 g/mol. The Hall–Kier alpha value is -2.48. The average molecular weight is 469 g/mol. The van der Waals surface area contributed by atoms with Crippen molar-refractivity contribution in [2.75, 3.05) is 25.5 Å². The number of benzene rings is 1. The van der Waals surface area contributed by atoms with E-state index in [4.69, 9.17) is 4.74 Å². The highest BCUT2D eigenvalue weighted by molar-refractivity contribution is 7.16. The number of carbonyl (C=O) groups excluding carboxylic acids is 2. The van der Waals surface area contributed by atoms with Crippen molar-refractivity contribution >= 4 is 39.6 Å². The highest BCUT2D eigenvalue weighted by Crippen LogP contribution is 2.42. The van der Waals surface area contributed by atoms with Gasteiger partial charge in [0.05, 0.1) is 25.3 Å². The molecule has 0 radical (unpaired) electrons. The van der Waals surface area contributed by atoms with Gasteiger partial charge < -0.3 is 10.1 Å². The number of aryl methyl sites for hydroxylation is 2. The van der Waals surface area contributed by atoms with E-state index >= 15 is 0 Å². The molecule has 168 valence electrons. The van der Waals surface area contributed by atoms with Crippen molar-refractivity contribution in [3.63, 3.8) is 0 Å². The van der Waals surface area contributed by atoms with Crippen molar-refractivity contribution < 1.29 is 14.3 Å². The number of hydrogen-bond acceptors (Lipinski definition) is 6. The molecule has 0 bridgehead atoms. The molecule has 0 saturated heterocycles. The smallest absolute Gasteiger partial charge is 0.340 e. The number of fused-ring (bicyclic) bond motifs is 1. The number of nitrogens with zero attached hydrogens (tertiary/aromatic N) is 1. The Kier molecular flexibility index (Phi) is 6.79. The third-order valence-electron chi connectivity index (χ3n) is 5.94. The third-order valence-corrected chi connectivity index (χ3v) is 8.15. The summed E-state index contributed by atoms with van der Waals surface area (Å²) in [6.07, 6.45) is 1.98. The summed E-state index contributed by atoms with van der Waals surface area (Å²) in [5.74, 6) is -0.555. The second-order valence-corrected chi connectivity index (χ2v) is 10.5. The number of nitrogens with one attached hydrogen (secondary N) is 1. The first-order chi connectivity index (χ1) is 15.4. The van der Waals surface area contributed by atoms with Crippen molar-refractivity contribution in [3.05, 3.63) is 73.3 Å². The van der Waals surface area contributed by atoms with Gasteiger partial charge in [-0.25, -0.2) is 4.79 Å². The molecule has 3 heterocycles. The number of esters is 1. The van der Waals surface area contributed by atoms with Gasteiger partial charge in [-0.15, -0.1) is 22.7 Å². The van der Waals surface area contributed by atoms with Gasteiger partial charge in [-0.3, -0.25) is 9.69 Å². The summed E-state index contributed by atoms with van der Waals surface area (Å²) in [5, 5.41) is 3.51. The van der Waals surface area contributed by atoms with E-state index in [2.05, 4.69) is 48.3 Å². The van der Waals surface area contributed by atoms with Crippen molar-refractivity contribution in [3.8, 4) is 0 Å². The first-order valence-corrected chi connectivity index (χ1v) is 12.4. The van der Waals surface area contributed by atoms with Crippen LogP contribution in [0.4, 0.5) is 5.00 Å². The molecule has 3 aromatic rings. The second-order valence-electron chi connectivity index (χ2n) is 8.01. The van der Waals surface area contributed by atoms with E-state index in [-0.39, 0.29) is 18.5 Å². The summed E-state index contributed by atoms with van der Waals surface area (Å²) in [4.78, 5) is 31.1. The summed E-state index contributed by atoms with van der Waals surface area (Å²) in [7, 11) is 1.35. The van der Waals surface area contributed by atoms with Gasteiger partial charge in [0, 0.05) is 21.2 Å². The number of thiophene rings is 2. The van der Waals surface area contributed by atoms with Crippen LogP contribution >= 0.6 is 22.7 Å². The highest BCUT2D eigenvalue weighted by atomic mass is 32.1. The van der Waals surface area contributed by atoms with Gasteiger partial charge in [0.25, 0.3) is 0 Å². The molecule has 0 aliphatic carbocycles. The lowest BCUT2D eigenvalue weighted by atomic mass is 9.92. The van der Waals surface area contributed by atoms with E-state index in [9.17, 15) is 9.59 Å². The minimum absolute atomic E-state index is 0.0554. The van der Waals surface area contributed by atoms with Crippen molar-refractivity contribution in [2.45, 2.75) is 39.7 Å². The van der Waals surface area contributed by atoms with Gasteiger partial charge in [-0.1, -0.05) is 37.3 Å². The van der Waals surface area contributed by atoms with Crippen LogP contribution in [0.1, 0.15) is 54.6 Å². The van der Waals surface area contributed by atoms with E-state index in [1.165, 1.54) is 44.9 Å². The lowest BCUT2D eigenvalue weighted by Gasteiger charge is -2.36. The van der Waals surface area contributed by atoms with Crippen LogP contribution in [0.25, 0.3) is 0 Å². The Balaban J connectivity index is 1.61. The molecule has 5 nitrogen and oxygen atoms in total. The molecule has 1 aliphatic rings. The molecule has 1 aliphatic heterocycles. The number of hydrogen-bond donors (Lipinski definition) is 1. The van der Waals surface area contributed by atoms with Gasteiger partial charge in [0.2, 0.25) is 5.91 Å². The first-order valence-electron chi connectivity index (χ1n) is 10.8. The number of amides is 1. The Bertz CT molecular complexity index is 1130. The fraction of sp³-hybridized carbons (Fsp3) is 0.360. The van der Waals surface area contributed by atoms with Crippen molar-refractivity contribution in [1.82, 2.24) is 4.90 Å². The van der Waals surface area contributed by atoms with Crippen LogP contribution in [0, 0.1) is 13.8 Å². The summed E-state index contributed by atoms with van der Waals surface area (Å²) in [6, 6.07) is 12.2. The molecule has 1 atom stereocenters. The number of anilines is 1. The van der Waals surface area contributed by atoms with Gasteiger partial charge in [-0.2, -0.15) is 0 Å². The molecule has 1 amide bonds. The van der Waals surface area contributed by atoms with Crippen LogP contribution in [0.3, 0.4) is 0 Å². The Labute approximate surface area is 197 Å². The maximum absolute atomic E-state index is 13.1. The molecular weight excluding hydrogens is 440 g/mol. The fourth-order valence-electron chi connectivity index (χ4n) is 4.54. The minimum Gasteiger partial charge on any atom is -0.465 e. The van der Waals surface area contributed by atoms with Gasteiger partial charge in [0.15, 0.2) is 0 Å². The summed E-state index contributed by atoms with van der Waals surface area (Å²) < 4.78 is 4.87. The predicted molar refractivity (Wildman–Crippen MR) is 131 cm³/mol. The highest BCUT2D eigenvalue weighted by Gasteiger charge is 2.33. The van der Waals surface area contributed by atoms with Crippen LogP contribution in [0.2, 0.25) is 0 Å². The van der Waals surface area contributed by atoms with Gasteiger partial charge >= 0.3 is 5.97 Å². The Morgan fingerprint density at radius 2 is 1.94 bits per heavy atom. The number of methoxy groups -OCH3 is 1. The van der Waals surface area contributed by atoms with E-state index in [1.54, 1.807) is 6.07 Å². The molecule has 32 heavy (non-hydrogen) atoms. The fourth-order valence-corrected chi connectivity index (χ4v) is 6.93. The zero-order valence-corrected chi connectivity index (χ0v) is 20.5. The maximum Gasteiger partial charge on any atom is 0.340 e. The largest absolute Gasteiger partial charge is 0.465 e. The quantitative estimate of drug-likeness (QED) is 0.495. The molecule has 0 spiro atoms. The third kappa shape index (κ3) is 4.37. The van der Waals surface area contributed by atoms with Crippen LogP contribution in [-0.2, 0) is 22.4 Å².